The second-order valence-corrected chi connectivity index (χ2v) is 21.5. The van der Waals surface area contributed by atoms with Gasteiger partial charge in [-0.05, 0) is 194 Å². The number of hydrogen-bond acceptors (Lipinski definition) is 3. The van der Waals surface area contributed by atoms with E-state index < -0.39 is 0 Å². The quantitative estimate of drug-likeness (QED) is 0.289. The van der Waals surface area contributed by atoms with Crippen LogP contribution in [0.1, 0.15) is 171 Å². The second kappa shape index (κ2) is 14.0. The number of benzene rings is 1. The molecule has 1 heterocycles. The molecule has 1 spiro atoms. The van der Waals surface area contributed by atoms with Gasteiger partial charge in [-0.15, -0.1) is 0 Å². The maximum absolute atomic E-state index is 9.76. The summed E-state index contributed by atoms with van der Waals surface area (Å²) in [6.07, 6.45) is 38.9. The molecule has 1 aromatic rings. The van der Waals surface area contributed by atoms with Crippen LogP contribution in [0.3, 0.4) is 0 Å². The summed E-state index contributed by atoms with van der Waals surface area (Å²) in [7, 11) is 0. The molecule has 1 aromatic carbocycles. The van der Waals surface area contributed by atoms with Crippen LogP contribution in [0.15, 0.2) is 58.7 Å². The highest BCUT2D eigenvalue weighted by Gasteiger charge is 2.64. The number of nitriles is 1. The van der Waals surface area contributed by atoms with Gasteiger partial charge < -0.3 is 0 Å². The highest BCUT2D eigenvalue weighted by molar-refractivity contribution is 8.01. The van der Waals surface area contributed by atoms with E-state index in [1.165, 1.54) is 148 Å². The molecule has 10 aliphatic rings. The first kappa shape index (κ1) is 34.5. The van der Waals surface area contributed by atoms with Gasteiger partial charge in [0.25, 0.3) is 0 Å². The number of fused-ring (bicyclic) bond motifs is 12. The monoisotopic (exact) mass is 726 g/mol. The predicted octanol–water partition coefficient (Wildman–Crippen LogP) is 12.8. The zero-order valence-corrected chi connectivity index (χ0v) is 33.5. The number of hydrogen-bond donors (Lipinski definition) is 0. The minimum atomic E-state index is 0.344. The Labute approximate surface area is 326 Å². The van der Waals surface area contributed by atoms with Crippen molar-refractivity contribution in [1.82, 2.24) is 4.90 Å². The van der Waals surface area contributed by atoms with Crippen molar-refractivity contribution in [3.05, 3.63) is 69.8 Å². The molecule has 0 radical (unpaired) electrons. The molecular formula is C50H66N2S. The van der Waals surface area contributed by atoms with Crippen molar-refractivity contribution in [2.75, 3.05) is 0 Å². The average Bonchev–Trinajstić information content (AvgIpc) is 3.84. The molecule has 2 nitrogen and oxygen atoms in total. The Morgan fingerprint density at radius 2 is 1.49 bits per heavy atom. The fraction of sp³-hybridized carbons (Fsp3) is 0.740. The third-order valence-electron chi connectivity index (χ3n) is 18.2. The van der Waals surface area contributed by atoms with Gasteiger partial charge in [0.05, 0.1) is 6.07 Å². The summed E-state index contributed by atoms with van der Waals surface area (Å²) >= 11 is 2.31. The molecule has 282 valence electrons. The predicted molar refractivity (Wildman–Crippen MR) is 220 cm³/mol. The molecule has 0 N–H and O–H groups in total. The number of rotatable bonds is 4. The summed E-state index contributed by atoms with van der Waals surface area (Å²) in [5.74, 6) is 5.95. The Balaban J connectivity index is 0.931. The summed E-state index contributed by atoms with van der Waals surface area (Å²) in [6, 6.07) is 15.0. The molecule has 0 amide bonds. The van der Waals surface area contributed by atoms with Crippen LogP contribution >= 0.6 is 11.8 Å². The van der Waals surface area contributed by atoms with Crippen molar-refractivity contribution in [3.8, 4) is 6.07 Å². The van der Waals surface area contributed by atoms with Gasteiger partial charge in [0.15, 0.2) is 0 Å². The number of thioether (sulfide) groups is 1. The highest BCUT2D eigenvalue weighted by atomic mass is 32.2. The molecule has 11 atom stereocenters. The molecule has 53 heavy (non-hydrogen) atoms. The van der Waals surface area contributed by atoms with E-state index in [2.05, 4.69) is 59.1 Å². The lowest BCUT2D eigenvalue weighted by molar-refractivity contribution is -0.0127. The highest BCUT2D eigenvalue weighted by Crippen LogP contribution is 2.71. The van der Waals surface area contributed by atoms with Gasteiger partial charge in [-0.3, -0.25) is 4.90 Å². The fourth-order valence-corrected chi connectivity index (χ4v) is 18.4. The third kappa shape index (κ3) is 5.47. The molecule has 11 unspecified atom stereocenters. The fourth-order valence-electron chi connectivity index (χ4n) is 16.4. The van der Waals surface area contributed by atoms with E-state index in [0.29, 0.717) is 10.7 Å². The van der Waals surface area contributed by atoms with Crippen LogP contribution in [0, 0.1) is 46.8 Å². The van der Waals surface area contributed by atoms with Crippen LogP contribution in [-0.4, -0.2) is 33.5 Å². The molecule has 0 bridgehead atoms. The Morgan fingerprint density at radius 1 is 0.679 bits per heavy atom. The summed E-state index contributed by atoms with van der Waals surface area (Å²) in [5.41, 5.74) is 10.9. The van der Waals surface area contributed by atoms with E-state index in [-0.39, 0.29) is 0 Å². The number of allylic oxidation sites excluding steroid dienone is 5. The Hall–Kier alpha value is -1.76. The molecular weight excluding hydrogens is 661 g/mol. The lowest BCUT2D eigenvalue weighted by Crippen LogP contribution is -2.56. The van der Waals surface area contributed by atoms with Crippen molar-refractivity contribution >= 4 is 11.8 Å². The van der Waals surface area contributed by atoms with Gasteiger partial charge >= 0.3 is 0 Å². The normalized spacial score (nSPS) is 44.6. The SMILES string of the molecule is N#CC1=CC2SC3CC(N(C4CCC(C5=CCCCC5)CC4)C4CCC5c6ccccc6C6(C7=C(CCCC7)C7CCCCC76)C5C4)CCC3C2CC1. The lowest BCUT2D eigenvalue weighted by atomic mass is 9.55. The molecule has 4 saturated carbocycles. The van der Waals surface area contributed by atoms with Crippen LogP contribution in [0.2, 0.25) is 0 Å². The zero-order valence-electron chi connectivity index (χ0n) is 32.7. The van der Waals surface area contributed by atoms with Crippen molar-refractivity contribution in [1.29, 1.82) is 5.26 Å². The standard InChI is InChI=1S/C50H66N2S/c51-31-32-18-25-42-43-27-24-37(30-49(43)53-48(42)28-32)52(35-21-19-34(20-22-35)33-10-2-1-3-11-33)36-23-26-41-40-14-6-9-17-46(40)50(47(41)29-36)44-15-7-4-12-38(44)39-13-5-8-16-45(39)50/h6,9-10,14,17,28,34-38,41-44,47-49H,1-5,7-8,11-13,15-16,18-27,29-30H2. The zero-order chi connectivity index (χ0) is 35.1. The topological polar surface area (TPSA) is 27.0 Å². The third-order valence-corrected chi connectivity index (χ3v) is 19.9. The van der Waals surface area contributed by atoms with Crippen LogP contribution in [0.4, 0.5) is 0 Å². The molecule has 1 saturated heterocycles. The van der Waals surface area contributed by atoms with Crippen molar-refractivity contribution < 1.29 is 0 Å². The van der Waals surface area contributed by atoms with Crippen molar-refractivity contribution in [2.45, 2.75) is 194 Å². The van der Waals surface area contributed by atoms with Crippen molar-refractivity contribution in [2.24, 2.45) is 35.5 Å². The molecule has 5 fully saturated rings. The van der Waals surface area contributed by atoms with E-state index in [4.69, 9.17) is 0 Å². The minimum Gasteiger partial charge on any atom is -0.294 e. The van der Waals surface area contributed by atoms with Gasteiger partial charge in [0.1, 0.15) is 0 Å². The van der Waals surface area contributed by atoms with Crippen molar-refractivity contribution in [3.63, 3.8) is 0 Å². The first-order valence-electron chi connectivity index (χ1n) is 23.3. The lowest BCUT2D eigenvalue weighted by Gasteiger charge is -2.54. The first-order valence-corrected chi connectivity index (χ1v) is 24.2. The summed E-state index contributed by atoms with van der Waals surface area (Å²) in [6.45, 7) is 0. The second-order valence-electron chi connectivity index (χ2n) is 20.1. The summed E-state index contributed by atoms with van der Waals surface area (Å²) in [4.78, 5) is 3.34. The Kier molecular flexibility index (Phi) is 9.12. The van der Waals surface area contributed by atoms with Crippen LogP contribution < -0.4 is 0 Å². The molecule has 0 aromatic heterocycles. The average molecular weight is 727 g/mol. The van der Waals surface area contributed by atoms with Crippen LogP contribution in [-0.2, 0) is 5.41 Å². The van der Waals surface area contributed by atoms with Gasteiger partial charge in [-0.2, -0.15) is 17.0 Å². The van der Waals surface area contributed by atoms with E-state index in [1.54, 1.807) is 5.56 Å². The summed E-state index contributed by atoms with van der Waals surface area (Å²) < 4.78 is 0. The first-order chi connectivity index (χ1) is 26.2. The molecule has 1 aliphatic heterocycles. The van der Waals surface area contributed by atoms with Gasteiger partial charge in [0.2, 0.25) is 0 Å². The summed E-state index contributed by atoms with van der Waals surface area (Å²) in [5, 5.41) is 11.2. The Morgan fingerprint density at radius 3 is 2.38 bits per heavy atom. The molecule has 3 heteroatoms. The van der Waals surface area contributed by atoms with Crippen LogP contribution in [0.5, 0.6) is 0 Å². The maximum Gasteiger partial charge on any atom is 0.0944 e. The molecule has 11 rings (SSSR count). The number of nitrogens with zero attached hydrogens (tertiary/aromatic N) is 2. The Bertz CT molecular complexity index is 1700. The van der Waals surface area contributed by atoms with E-state index in [0.717, 1.165) is 76.8 Å². The van der Waals surface area contributed by atoms with Gasteiger partial charge in [-0.1, -0.05) is 66.0 Å². The largest absolute Gasteiger partial charge is 0.294 e. The minimum absolute atomic E-state index is 0.344. The van der Waals surface area contributed by atoms with Crippen LogP contribution in [0.25, 0.3) is 0 Å². The van der Waals surface area contributed by atoms with E-state index >= 15 is 0 Å². The van der Waals surface area contributed by atoms with E-state index in [9.17, 15) is 5.26 Å². The molecule has 9 aliphatic carbocycles. The van der Waals surface area contributed by atoms with E-state index in [1.807, 2.05) is 22.3 Å². The van der Waals surface area contributed by atoms with Gasteiger partial charge in [0, 0.05) is 39.6 Å². The maximum atomic E-state index is 9.76. The smallest absolute Gasteiger partial charge is 0.0944 e. The van der Waals surface area contributed by atoms with Gasteiger partial charge in [-0.25, -0.2) is 0 Å².